The molecule has 2 aromatic carbocycles. The molecule has 0 spiro atoms. The number of primary sulfonamides is 1. The number of guanidine groups is 1. The molecule has 0 heterocycles. The van der Waals surface area contributed by atoms with Gasteiger partial charge in [0.1, 0.15) is 0 Å². The molecule has 1 unspecified atom stereocenters. The van der Waals surface area contributed by atoms with Crippen molar-refractivity contribution in [3.63, 3.8) is 0 Å². The highest BCUT2D eigenvalue weighted by molar-refractivity contribution is 7.89. The minimum Gasteiger partial charge on any atom is -0.490 e. The molecule has 162 valence electrons. The molecule has 1 fully saturated rings. The maximum absolute atomic E-state index is 14.3. The molecule has 1 saturated carbocycles. The summed E-state index contributed by atoms with van der Waals surface area (Å²) in [6.07, 6.45) is 2.30. The van der Waals surface area contributed by atoms with Crippen LogP contribution in [0.25, 0.3) is 0 Å². The summed E-state index contributed by atoms with van der Waals surface area (Å²) in [6.45, 7) is 2.80. The second-order valence-corrected chi connectivity index (χ2v) is 8.99. The van der Waals surface area contributed by atoms with Crippen LogP contribution in [-0.4, -0.2) is 28.0 Å². The summed E-state index contributed by atoms with van der Waals surface area (Å²) in [4.78, 5) is 4.22. The molecule has 3 rings (SSSR count). The normalized spacial score (nSPS) is 15.5. The van der Waals surface area contributed by atoms with Gasteiger partial charge in [-0.05, 0) is 61.1 Å². The van der Waals surface area contributed by atoms with E-state index in [0.29, 0.717) is 25.0 Å². The lowest BCUT2D eigenvalue weighted by Gasteiger charge is -2.19. The van der Waals surface area contributed by atoms with Crippen molar-refractivity contribution in [1.29, 1.82) is 0 Å². The molecule has 30 heavy (non-hydrogen) atoms. The van der Waals surface area contributed by atoms with Gasteiger partial charge in [-0.25, -0.2) is 17.9 Å². The summed E-state index contributed by atoms with van der Waals surface area (Å²) in [7, 11) is -2.13. The van der Waals surface area contributed by atoms with E-state index in [0.717, 1.165) is 24.0 Å². The Hall–Kier alpha value is -2.65. The molecule has 1 atom stereocenters. The minimum absolute atomic E-state index is 0.0533. The first kappa shape index (κ1) is 22.0. The zero-order valence-corrected chi connectivity index (χ0v) is 17.9. The molecular weight excluding hydrogens is 407 g/mol. The number of benzene rings is 2. The number of rotatable bonds is 8. The third kappa shape index (κ3) is 6.17. The van der Waals surface area contributed by atoms with Crippen LogP contribution in [0, 0.1) is 11.7 Å². The van der Waals surface area contributed by atoms with Crippen molar-refractivity contribution in [2.45, 2.75) is 37.2 Å². The lowest BCUT2D eigenvalue weighted by molar-refractivity contribution is 0.285. The van der Waals surface area contributed by atoms with Gasteiger partial charge in [0, 0.05) is 13.6 Å². The van der Waals surface area contributed by atoms with Gasteiger partial charge in [-0.1, -0.05) is 18.2 Å². The Labute approximate surface area is 176 Å². The summed E-state index contributed by atoms with van der Waals surface area (Å²) >= 11 is 0. The standard InChI is InChI=1S/C21H27FN4O3S/c1-14(17-8-9-20(19(22)11-17)29-13-15-6-7-15)26-21(24-2)25-12-16-4-3-5-18(10-16)30(23,27)28/h3-5,8-11,14-15H,6-7,12-13H2,1-2H3,(H2,23,27,28)(H2,24,25,26). The van der Waals surface area contributed by atoms with E-state index in [1.807, 2.05) is 13.0 Å². The molecule has 9 heteroatoms. The first-order valence-corrected chi connectivity index (χ1v) is 11.3. The molecule has 0 saturated heterocycles. The number of halogens is 1. The smallest absolute Gasteiger partial charge is 0.238 e. The van der Waals surface area contributed by atoms with E-state index < -0.39 is 10.0 Å². The fourth-order valence-corrected chi connectivity index (χ4v) is 3.48. The average molecular weight is 435 g/mol. The van der Waals surface area contributed by atoms with E-state index in [-0.39, 0.29) is 22.5 Å². The van der Waals surface area contributed by atoms with E-state index >= 15 is 0 Å². The summed E-state index contributed by atoms with van der Waals surface area (Å²) in [5.41, 5.74) is 1.49. The Morgan fingerprint density at radius 1 is 1.30 bits per heavy atom. The van der Waals surface area contributed by atoms with Gasteiger partial charge in [-0.15, -0.1) is 0 Å². The lowest BCUT2D eigenvalue weighted by Crippen LogP contribution is -2.38. The van der Waals surface area contributed by atoms with Gasteiger partial charge in [0.25, 0.3) is 0 Å². The number of ether oxygens (including phenoxy) is 1. The van der Waals surface area contributed by atoms with Crippen LogP contribution in [0.4, 0.5) is 4.39 Å². The van der Waals surface area contributed by atoms with Crippen molar-refractivity contribution >= 4 is 16.0 Å². The molecule has 2 aromatic rings. The molecule has 0 radical (unpaired) electrons. The second kappa shape index (κ2) is 9.44. The number of hydrogen-bond acceptors (Lipinski definition) is 4. The molecule has 1 aliphatic carbocycles. The molecular formula is C21H27FN4O3S. The Morgan fingerprint density at radius 2 is 2.07 bits per heavy atom. The van der Waals surface area contributed by atoms with Crippen LogP contribution in [0.5, 0.6) is 5.75 Å². The number of nitrogens with zero attached hydrogens (tertiary/aromatic N) is 1. The SMILES string of the molecule is CN=C(NCc1cccc(S(N)(=O)=O)c1)NC(C)c1ccc(OCC2CC2)c(F)c1. The fourth-order valence-electron chi connectivity index (χ4n) is 2.90. The summed E-state index contributed by atoms with van der Waals surface area (Å²) in [6, 6.07) is 11.1. The first-order valence-electron chi connectivity index (χ1n) is 9.77. The Bertz CT molecular complexity index is 1020. The lowest BCUT2D eigenvalue weighted by atomic mass is 10.1. The van der Waals surface area contributed by atoms with Gasteiger partial charge < -0.3 is 15.4 Å². The van der Waals surface area contributed by atoms with Crippen molar-refractivity contribution in [3.8, 4) is 5.75 Å². The van der Waals surface area contributed by atoms with Gasteiger partial charge in [0.05, 0.1) is 17.5 Å². The Morgan fingerprint density at radius 3 is 2.70 bits per heavy atom. The monoisotopic (exact) mass is 434 g/mol. The predicted molar refractivity (Wildman–Crippen MR) is 114 cm³/mol. The van der Waals surface area contributed by atoms with E-state index in [1.165, 1.54) is 18.2 Å². The van der Waals surface area contributed by atoms with Crippen LogP contribution in [-0.2, 0) is 16.6 Å². The van der Waals surface area contributed by atoms with E-state index in [4.69, 9.17) is 9.88 Å². The van der Waals surface area contributed by atoms with E-state index in [2.05, 4.69) is 15.6 Å². The molecule has 0 bridgehead atoms. The average Bonchev–Trinajstić information content (AvgIpc) is 3.54. The third-order valence-corrected chi connectivity index (χ3v) is 5.80. The highest BCUT2D eigenvalue weighted by atomic mass is 32.2. The molecule has 0 aromatic heterocycles. The van der Waals surface area contributed by atoms with Crippen molar-refractivity contribution in [1.82, 2.24) is 10.6 Å². The van der Waals surface area contributed by atoms with Crippen molar-refractivity contribution in [2.24, 2.45) is 16.0 Å². The maximum Gasteiger partial charge on any atom is 0.238 e. The van der Waals surface area contributed by atoms with Crippen LogP contribution in [0.1, 0.15) is 36.9 Å². The van der Waals surface area contributed by atoms with Crippen LogP contribution in [0.15, 0.2) is 52.4 Å². The van der Waals surface area contributed by atoms with Gasteiger partial charge in [-0.2, -0.15) is 0 Å². The predicted octanol–water partition coefficient (Wildman–Crippen LogP) is 2.69. The maximum atomic E-state index is 14.3. The largest absolute Gasteiger partial charge is 0.490 e. The van der Waals surface area contributed by atoms with Gasteiger partial charge in [-0.3, -0.25) is 4.99 Å². The minimum atomic E-state index is -3.76. The van der Waals surface area contributed by atoms with E-state index in [9.17, 15) is 12.8 Å². The summed E-state index contributed by atoms with van der Waals surface area (Å²) in [5, 5.41) is 11.5. The highest BCUT2D eigenvalue weighted by Gasteiger charge is 2.22. The molecule has 7 nitrogen and oxygen atoms in total. The number of nitrogens with one attached hydrogen (secondary N) is 2. The third-order valence-electron chi connectivity index (χ3n) is 4.89. The number of aliphatic imine (C=N–C) groups is 1. The van der Waals surface area contributed by atoms with Gasteiger partial charge >= 0.3 is 0 Å². The Kier molecular flexibility index (Phi) is 6.94. The molecule has 1 aliphatic rings. The fraction of sp³-hybridized carbons (Fsp3) is 0.381. The van der Waals surface area contributed by atoms with Gasteiger partial charge in [0.2, 0.25) is 10.0 Å². The van der Waals surface area contributed by atoms with Crippen molar-refractivity contribution in [3.05, 3.63) is 59.4 Å². The van der Waals surface area contributed by atoms with Crippen LogP contribution in [0.3, 0.4) is 0 Å². The molecule has 0 amide bonds. The number of nitrogens with two attached hydrogens (primary N) is 1. The topological polar surface area (TPSA) is 106 Å². The summed E-state index contributed by atoms with van der Waals surface area (Å²) in [5.74, 6) is 0.947. The number of hydrogen-bond donors (Lipinski definition) is 3. The molecule has 4 N–H and O–H groups in total. The second-order valence-electron chi connectivity index (χ2n) is 7.43. The summed E-state index contributed by atoms with van der Waals surface area (Å²) < 4.78 is 42.9. The van der Waals surface area contributed by atoms with Crippen molar-refractivity contribution in [2.75, 3.05) is 13.7 Å². The highest BCUT2D eigenvalue weighted by Crippen LogP contribution is 2.30. The Balaban J connectivity index is 1.58. The van der Waals surface area contributed by atoms with E-state index in [1.54, 1.807) is 25.2 Å². The molecule has 0 aliphatic heterocycles. The zero-order chi connectivity index (χ0) is 21.7. The van der Waals surface area contributed by atoms with Crippen LogP contribution >= 0.6 is 0 Å². The van der Waals surface area contributed by atoms with Crippen LogP contribution < -0.4 is 20.5 Å². The van der Waals surface area contributed by atoms with Crippen LogP contribution in [0.2, 0.25) is 0 Å². The van der Waals surface area contributed by atoms with Gasteiger partial charge in [0.15, 0.2) is 17.5 Å². The first-order chi connectivity index (χ1) is 14.3. The zero-order valence-electron chi connectivity index (χ0n) is 17.1. The van der Waals surface area contributed by atoms with Crippen molar-refractivity contribution < 1.29 is 17.5 Å². The quantitative estimate of drug-likeness (QED) is 0.438. The number of sulfonamides is 1.